The highest BCUT2D eigenvalue weighted by molar-refractivity contribution is 6.47. The average Bonchev–Trinajstić information content (AvgIpc) is 3.33. The van der Waals surface area contributed by atoms with E-state index in [4.69, 9.17) is 9.31 Å². The third kappa shape index (κ3) is 7.65. The van der Waals surface area contributed by atoms with Crippen LogP contribution in [-0.4, -0.2) is 55.6 Å². The lowest BCUT2D eigenvalue weighted by Crippen LogP contribution is -2.65. The molecule has 8 nitrogen and oxygen atoms in total. The molecule has 1 aromatic carbocycles. The predicted octanol–water partition coefficient (Wildman–Crippen LogP) is 5.73. The summed E-state index contributed by atoms with van der Waals surface area (Å²) in [6, 6.07) is 7.34. The summed E-state index contributed by atoms with van der Waals surface area (Å²) in [5.41, 5.74) is 1.63. The molecule has 2 bridgehead atoms. The average molecular weight is 596 g/mol. The molecule has 1 saturated heterocycles. The first-order valence-electron chi connectivity index (χ1n) is 16.7. The Morgan fingerprint density at radius 1 is 1.02 bits per heavy atom. The molecule has 0 radical (unpaired) electrons. The van der Waals surface area contributed by atoms with Crippen molar-refractivity contribution in [3.8, 4) is 0 Å². The number of benzene rings is 1. The fourth-order valence-electron chi connectivity index (χ4n) is 7.47. The molecular formula is C34H54BN3O5. The summed E-state index contributed by atoms with van der Waals surface area (Å²) in [4.78, 5) is 39.6. The summed E-state index contributed by atoms with van der Waals surface area (Å²) >= 11 is 0. The number of Topliss-reactive ketones (excluding diaryl/α,β-unsaturated/α-hetero) is 1. The van der Waals surface area contributed by atoms with Crippen molar-refractivity contribution in [2.24, 2.45) is 29.1 Å². The lowest BCUT2D eigenvalue weighted by molar-refractivity contribution is -0.199. The van der Waals surface area contributed by atoms with Gasteiger partial charge in [-0.05, 0) is 74.2 Å². The van der Waals surface area contributed by atoms with E-state index in [1.165, 1.54) is 5.56 Å². The maximum absolute atomic E-state index is 13.9. The molecule has 0 spiro atoms. The second kappa shape index (κ2) is 14.1. The number of aryl methyl sites for hydroxylation is 1. The Morgan fingerprint density at radius 2 is 1.74 bits per heavy atom. The van der Waals surface area contributed by atoms with E-state index in [0.717, 1.165) is 38.5 Å². The molecule has 43 heavy (non-hydrogen) atoms. The predicted molar refractivity (Wildman–Crippen MR) is 171 cm³/mol. The monoisotopic (exact) mass is 595 g/mol. The highest BCUT2D eigenvalue weighted by Crippen LogP contribution is 2.65. The van der Waals surface area contributed by atoms with Crippen molar-refractivity contribution in [1.82, 2.24) is 16.0 Å². The highest BCUT2D eigenvalue weighted by Gasteiger charge is 2.68. The van der Waals surface area contributed by atoms with Gasteiger partial charge < -0.3 is 25.3 Å². The van der Waals surface area contributed by atoms with E-state index in [9.17, 15) is 14.4 Å². The molecule has 4 fully saturated rings. The molecule has 0 aromatic heterocycles. The van der Waals surface area contributed by atoms with Crippen LogP contribution in [-0.2, 0) is 20.5 Å². The van der Waals surface area contributed by atoms with Crippen LogP contribution in [0.15, 0.2) is 24.3 Å². The first-order chi connectivity index (χ1) is 20.4. The van der Waals surface area contributed by atoms with Crippen molar-refractivity contribution in [2.45, 2.75) is 117 Å². The zero-order chi connectivity index (χ0) is 31.4. The summed E-state index contributed by atoms with van der Waals surface area (Å²) in [6.45, 7) is 15.8. The van der Waals surface area contributed by atoms with E-state index < -0.39 is 13.0 Å². The van der Waals surface area contributed by atoms with Crippen LogP contribution in [0.5, 0.6) is 0 Å². The summed E-state index contributed by atoms with van der Waals surface area (Å²) in [5, 5.41) is 8.81. The first-order valence-corrected chi connectivity index (χ1v) is 16.7. The molecule has 4 aliphatic rings. The topological polar surface area (TPSA) is 106 Å². The van der Waals surface area contributed by atoms with Crippen LogP contribution >= 0.6 is 0 Å². The third-order valence-electron chi connectivity index (χ3n) is 10.3. The van der Waals surface area contributed by atoms with Crippen molar-refractivity contribution in [3.05, 3.63) is 35.4 Å². The van der Waals surface area contributed by atoms with Crippen LogP contribution in [0.4, 0.5) is 4.79 Å². The highest BCUT2D eigenvalue weighted by atomic mass is 16.7. The van der Waals surface area contributed by atoms with E-state index >= 15 is 0 Å². The molecule has 5 rings (SSSR count). The summed E-state index contributed by atoms with van der Waals surface area (Å²) < 4.78 is 13.3. The number of unbranched alkanes of at least 4 members (excludes halogenated alkanes) is 1. The second-order valence-electron chi connectivity index (χ2n) is 14.3. The molecule has 1 aliphatic heterocycles. The van der Waals surface area contributed by atoms with Gasteiger partial charge in [-0.15, -0.1) is 0 Å². The molecular weight excluding hydrogens is 541 g/mol. The van der Waals surface area contributed by atoms with Crippen molar-refractivity contribution in [3.63, 3.8) is 0 Å². The smallest absolute Gasteiger partial charge is 0.404 e. The third-order valence-corrected chi connectivity index (χ3v) is 10.3. The van der Waals surface area contributed by atoms with Crippen LogP contribution in [0.2, 0.25) is 0 Å². The molecule has 0 unspecified atom stereocenters. The van der Waals surface area contributed by atoms with Crippen molar-refractivity contribution in [1.29, 1.82) is 0 Å². The molecule has 3 saturated carbocycles. The van der Waals surface area contributed by atoms with Crippen LogP contribution in [0.25, 0.3) is 0 Å². The van der Waals surface area contributed by atoms with Gasteiger partial charge in [0.25, 0.3) is 0 Å². The van der Waals surface area contributed by atoms with Crippen LogP contribution in [0, 0.1) is 29.1 Å². The quantitative estimate of drug-likeness (QED) is 0.178. The lowest BCUT2D eigenvalue weighted by Gasteiger charge is -2.64. The molecule has 238 valence electrons. The number of carbonyl (C=O) groups is 3. The minimum atomic E-state index is -0.736. The molecule has 3 aliphatic carbocycles. The van der Waals surface area contributed by atoms with E-state index in [-0.39, 0.29) is 53.7 Å². The number of hydrogen-bond donors (Lipinski definition) is 3. The van der Waals surface area contributed by atoms with Crippen LogP contribution in [0.1, 0.15) is 109 Å². The van der Waals surface area contributed by atoms with Crippen LogP contribution in [0.3, 0.4) is 0 Å². The van der Waals surface area contributed by atoms with Gasteiger partial charge in [0.15, 0.2) is 5.78 Å². The Morgan fingerprint density at radius 3 is 2.37 bits per heavy atom. The van der Waals surface area contributed by atoms with Gasteiger partial charge in [-0.3, -0.25) is 9.59 Å². The zero-order valence-electron chi connectivity index (χ0n) is 27.5. The Bertz CT molecular complexity index is 1130. The van der Waals surface area contributed by atoms with E-state index in [1.807, 2.05) is 31.2 Å². The van der Waals surface area contributed by atoms with E-state index in [1.54, 1.807) is 0 Å². The molecule has 9 heteroatoms. The molecule has 3 N–H and O–H groups in total. The Labute approximate surface area is 259 Å². The number of rotatable bonds is 15. The maximum Gasteiger partial charge on any atom is 0.481 e. The summed E-state index contributed by atoms with van der Waals surface area (Å²) in [5.74, 6) is -0.133. The summed E-state index contributed by atoms with van der Waals surface area (Å²) in [7, 11) is -0.552. The van der Waals surface area contributed by atoms with Gasteiger partial charge in [-0.1, -0.05) is 72.2 Å². The number of urea groups is 1. The Balaban J connectivity index is 1.47. The second-order valence-corrected chi connectivity index (χ2v) is 14.3. The van der Waals surface area contributed by atoms with Crippen molar-refractivity contribution < 1.29 is 23.7 Å². The molecule has 6 atom stereocenters. The fourth-order valence-corrected chi connectivity index (χ4v) is 7.47. The first kappa shape index (κ1) is 33.5. The largest absolute Gasteiger partial charge is 0.481 e. The molecule has 3 amide bonds. The van der Waals surface area contributed by atoms with Gasteiger partial charge in [-0.2, -0.15) is 0 Å². The molecule has 1 aromatic rings. The molecule has 1 heterocycles. The SMILES string of the molecule is CCCCc1ccc(C(=O)C[C@@H](CNC(=O)NCCC)C(=O)N[C@@H](CC(C)C)B2O[C@@H]3C[C@@H]4C[C@@H](C4(C)C)[C@]3(C)O2)cc1. The summed E-state index contributed by atoms with van der Waals surface area (Å²) in [6.07, 6.45) is 6.83. The maximum atomic E-state index is 13.9. The number of nitrogens with one attached hydrogen (secondary N) is 3. The Kier molecular flexibility index (Phi) is 11.0. The van der Waals surface area contributed by atoms with Gasteiger partial charge in [0.05, 0.1) is 23.6 Å². The number of amides is 3. The normalized spacial score (nSPS) is 26.7. The van der Waals surface area contributed by atoms with Crippen LogP contribution < -0.4 is 16.0 Å². The number of ketones is 1. The van der Waals surface area contributed by atoms with E-state index in [2.05, 4.69) is 57.5 Å². The van der Waals surface area contributed by atoms with Gasteiger partial charge in [-0.25, -0.2) is 4.79 Å². The standard InChI is InChI=1S/C34H54BN3O5/c1-8-10-11-23-12-14-24(15-13-23)27(39)18-25(21-37-32(41)36-16-9-2)31(40)38-30(17-22(3)4)35-42-29-20-26-19-28(33(26,5)6)34(29,7)43-35/h12-15,22,25-26,28-30H,8-11,16-21H2,1-7H3,(H,38,40)(H2,36,37,41)/t25-,26-,28-,29+,30-,34-/m0/s1. The van der Waals surface area contributed by atoms with Crippen molar-refractivity contribution in [2.75, 3.05) is 13.1 Å². The minimum absolute atomic E-state index is 0.00669. The number of carbonyl (C=O) groups excluding carboxylic acids is 3. The minimum Gasteiger partial charge on any atom is -0.404 e. The van der Waals surface area contributed by atoms with E-state index in [0.29, 0.717) is 36.3 Å². The lowest BCUT2D eigenvalue weighted by atomic mass is 9.43. The zero-order valence-corrected chi connectivity index (χ0v) is 27.5. The van der Waals surface area contributed by atoms with Gasteiger partial charge in [0.2, 0.25) is 5.91 Å². The van der Waals surface area contributed by atoms with Gasteiger partial charge >= 0.3 is 13.1 Å². The number of hydrogen-bond acceptors (Lipinski definition) is 5. The van der Waals surface area contributed by atoms with Gasteiger partial charge in [0, 0.05) is 25.1 Å². The Hall–Kier alpha value is -2.39. The fraction of sp³-hybridized carbons (Fsp3) is 0.735. The van der Waals surface area contributed by atoms with Crippen molar-refractivity contribution >= 4 is 24.8 Å². The van der Waals surface area contributed by atoms with Gasteiger partial charge in [0.1, 0.15) is 0 Å².